The van der Waals surface area contributed by atoms with E-state index in [-0.39, 0.29) is 36.3 Å². The number of halogens is 1. The van der Waals surface area contributed by atoms with Gasteiger partial charge in [-0.25, -0.2) is 4.39 Å². The summed E-state index contributed by atoms with van der Waals surface area (Å²) in [6.45, 7) is 8.21. The number of hydrogen-bond donors (Lipinski definition) is 2. The van der Waals surface area contributed by atoms with Crippen molar-refractivity contribution in [2.24, 2.45) is 0 Å². The number of ether oxygens (including phenoxy) is 1. The van der Waals surface area contributed by atoms with Crippen molar-refractivity contribution in [3.8, 4) is 5.75 Å². The van der Waals surface area contributed by atoms with E-state index in [1.54, 1.807) is 11.0 Å². The van der Waals surface area contributed by atoms with Gasteiger partial charge in [-0.3, -0.25) is 14.4 Å². The lowest BCUT2D eigenvalue weighted by Crippen LogP contribution is -3.16. The van der Waals surface area contributed by atoms with Crippen molar-refractivity contribution in [3.05, 3.63) is 30.1 Å². The van der Waals surface area contributed by atoms with Gasteiger partial charge in [0, 0.05) is 12.6 Å². The fourth-order valence-corrected chi connectivity index (χ4v) is 3.14. The lowest BCUT2D eigenvalue weighted by atomic mass is 10.1. The molecule has 0 saturated carbocycles. The molecule has 1 saturated heterocycles. The van der Waals surface area contributed by atoms with E-state index < -0.39 is 11.7 Å². The third kappa shape index (κ3) is 7.62. The molecule has 30 heavy (non-hydrogen) atoms. The van der Waals surface area contributed by atoms with Crippen molar-refractivity contribution in [2.75, 3.05) is 52.9 Å². The molecule has 0 spiro atoms. The van der Waals surface area contributed by atoms with Crippen LogP contribution in [0, 0.1) is 5.82 Å². The first-order valence-corrected chi connectivity index (χ1v) is 10.1. The van der Waals surface area contributed by atoms with Crippen LogP contribution in [-0.4, -0.2) is 86.0 Å². The van der Waals surface area contributed by atoms with E-state index in [4.69, 9.17) is 4.74 Å². The molecule has 1 aromatic rings. The highest BCUT2D eigenvalue weighted by Gasteiger charge is 2.27. The number of quaternary nitrogens is 1. The summed E-state index contributed by atoms with van der Waals surface area (Å²) in [5.41, 5.74) is -0.262. The fourth-order valence-electron chi connectivity index (χ4n) is 3.14. The highest BCUT2D eigenvalue weighted by atomic mass is 19.1. The van der Waals surface area contributed by atoms with Gasteiger partial charge in [0.1, 0.15) is 0 Å². The number of hydrogen-bond acceptors (Lipinski definition) is 4. The predicted molar refractivity (Wildman–Crippen MR) is 110 cm³/mol. The number of carbonyl (C=O) groups is 3. The minimum absolute atomic E-state index is 0.000158. The number of carbonyl (C=O) groups excluding carboxylic acids is 3. The molecule has 1 fully saturated rings. The van der Waals surface area contributed by atoms with Crippen LogP contribution in [0.15, 0.2) is 24.3 Å². The Balaban J connectivity index is 1.72. The van der Waals surface area contributed by atoms with Crippen LogP contribution in [0.1, 0.15) is 20.8 Å². The molecule has 0 unspecified atom stereocenters. The summed E-state index contributed by atoms with van der Waals surface area (Å²) in [7, 11) is 1.52. The summed E-state index contributed by atoms with van der Waals surface area (Å²) in [5.74, 6) is -1.11. The van der Waals surface area contributed by atoms with Crippen molar-refractivity contribution in [1.29, 1.82) is 0 Å². The maximum Gasteiger partial charge on any atom is 0.275 e. The molecule has 2 N–H and O–H groups in total. The lowest BCUT2D eigenvalue weighted by Gasteiger charge is -2.33. The molecule has 1 heterocycles. The summed E-state index contributed by atoms with van der Waals surface area (Å²) in [4.78, 5) is 40.9. The van der Waals surface area contributed by atoms with Crippen LogP contribution in [0.25, 0.3) is 0 Å². The van der Waals surface area contributed by atoms with E-state index in [1.165, 1.54) is 30.1 Å². The maximum atomic E-state index is 13.5. The van der Waals surface area contributed by atoms with E-state index in [9.17, 15) is 18.8 Å². The van der Waals surface area contributed by atoms with Crippen molar-refractivity contribution in [3.63, 3.8) is 0 Å². The Morgan fingerprint density at radius 1 is 1.20 bits per heavy atom. The van der Waals surface area contributed by atoms with Crippen LogP contribution >= 0.6 is 0 Å². The molecule has 0 aliphatic carbocycles. The Morgan fingerprint density at radius 2 is 1.83 bits per heavy atom. The van der Waals surface area contributed by atoms with Gasteiger partial charge in [-0.05, 0) is 32.9 Å². The quantitative estimate of drug-likeness (QED) is 0.608. The Hall–Kier alpha value is -2.68. The highest BCUT2D eigenvalue weighted by molar-refractivity contribution is 5.85. The van der Waals surface area contributed by atoms with Gasteiger partial charge in [0.05, 0.1) is 32.7 Å². The zero-order chi connectivity index (χ0) is 22.3. The topological polar surface area (TPSA) is 83.4 Å². The Morgan fingerprint density at radius 3 is 2.43 bits per heavy atom. The van der Waals surface area contributed by atoms with E-state index in [0.29, 0.717) is 32.7 Å². The number of nitrogens with one attached hydrogen (secondary N) is 2. The zero-order valence-electron chi connectivity index (χ0n) is 18.2. The Labute approximate surface area is 176 Å². The summed E-state index contributed by atoms with van der Waals surface area (Å²) >= 11 is 0. The number of piperazine rings is 1. The molecule has 2 rings (SSSR count). The normalized spacial score (nSPS) is 14.9. The molecule has 0 aromatic heterocycles. The Bertz CT molecular complexity index is 758. The summed E-state index contributed by atoms with van der Waals surface area (Å²) < 4.78 is 18.7. The summed E-state index contributed by atoms with van der Waals surface area (Å²) in [6.07, 6.45) is 0. The van der Waals surface area contributed by atoms with Gasteiger partial charge in [0.25, 0.3) is 11.8 Å². The minimum Gasteiger partial charge on any atom is -0.481 e. The Kier molecular flexibility index (Phi) is 8.16. The summed E-state index contributed by atoms with van der Waals surface area (Å²) in [6, 6.07) is 5.84. The van der Waals surface area contributed by atoms with Gasteiger partial charge in [-0.15, -0.1) is 0 Å². The van der Waals surface area contributed by atoms with Crippen LogP contribution in [-0.2, 0) is 14.4 Å². The second kappa shape index (κ2) is 10.4. The van der Waals surface area contributed by atoms with Crippen LogP contribution in [0.2, 0.25) is 0 Å². The second-order valence-electron chi connectivity index (χ2n) is 8.57. The first kappa shape index (κ1) is 23.6. The average molecular weight is 424 g/mol. The molecule has 3 amide bonds. The lowest BCUT2D eigenvalue weighted by molar-refractivity contribution is -0.896. The van der Waals surface area contributed by atoms with E-state index >= 15 is 0 Å². The van der Waals surface area contributed by atoms with E-state index in [0.717, 1.165) is 4.90 Å². The van der Waals surface area contributed by atoms with Gasteiger partial charge in [-0.1, -0.05) is 12.1 Å². The van der Waals surface area contributed by atoms with Gasteiger partial charge in [-0.2, -0.15) is 0 Å². The molecule has 8 nitrogen and oxygen atoms in total. The largest absolute Gasteiger partial charge is 0.481 e. The standard InChI is InChI=1S/C21H31FN4O4/c1-21(2,3)23-18(27)13-25-9-11-26(12-10-25)19(28)14-24(4)20(29)15-30-17-8-6-5-7-16(17)22/h5-8H,9-15H2,1-4H3,(H,23,27)/p+1. The smallest absolute Gasteiger partial charge is 0.275 e. The van der Waals surface area contributed by atoms with Crippen molar-refractivity contribution in [1.82, 2.24) is 15.1 Å². The van der Waals surface area contributed by atoms with E-state index in [1.807, 2.05) is 20.8 Å². The third-order valence-electron chi connectivity index (χ3n) is 4.73. The first-order valence-electron chi connectivity index (χ1n) is 10.1. The van der Waals surface area contributed by atoms with Gasteiger partial charge in [0.15, 0.2) is 24.7 Å². The van der Waals surface area contributed by atoms with Gasteiger partial charge >= 0.3 is 0 Å². The first-order chi connectivity index (χ1) is 14.0. The number of nitrogens with zero attached hydrogens (tertiary/aromatic N) is 2. The molecular weight excluding hydrogens is 391 g/mol. The number of likely N-dealkylation sites (N-methyl/N-ethyl adjacent to an activating group) is 1. The number of para-hydroxylation sites is 1. The van der Waals surface area contributed by atoms with Crippen molar-refractivity contribution < 1.29 is 28.4 Å². The highest BCUT2D eigenvalue weighted by Crippen LogP contribution is 2.15. The minimum atomic E-state index is -0.541. The van der Waals surface area contributed by atoms with Crippen molar-refractivity contribution in [2.45, 2.75) is 26.3 Å². The molecular formula is C21H32FN4O4+. The van der Waals surface area contributed by atoms with Crippen LogP contribution in [0.5, 0.6) is 5.75 Å². The second-order valence-corrected chi connectivity index (χ2v) is 8.57. The molecule has 0 atom stereocenters. The monoisotopic (exact) mass is 423 g/mol. The molecule has 9 heteroatoms. The molecule has 166 valence electrons. The maximum absolute atomic E-state index is 13.5. The molecule has 1 aliphatic rings. The molecule has 0 bridgehead atoms. The van der Waals surface area contributed by atoms with E-state index in [2.05, 4.69) is 5.32 Å². The molecule has 0 radical (unpaired) electrons. The van der Waals surface area contributed by atoms with Gasteiger partial charge < -0.3 is 24.8 Å². The zero-order valence-corrected chi connectivity index (χ0v) is 18.2. The SMILES string of the molecule is CN(CC(=O)N1CC[NH+](CC(=O)NC(C)(C)C)CC1)C(=O)COc1ccccc1F. The fraction of sp³-hybridized carbons (Fsp3) is 0.571. The van der Waals surface area contributed by atoms with Crippen LogP contribution in [0.3, 0.4) is 0 Å². The average Bonchev–Trinajstić information content (AvgIpc) is 2.66. The summed E-state index contributed by atoms with van der Waals surface area (Å²) in [5, 5.41) is 2.95. The molecule has 1 aliphatic heterocycles. The third-order valence-corrected chi connectivity index (χ3v) is 4.73. The number of rotatable bonds is 7. The predicted octanol–water partition coefficient (Wildman–Crippen LogP) is -0.695. The van der Waals surface area contributed by atoms with Crippen LogP contribution in [0.4, 0.5) is 4.39 Å². The molecule has 1 aromatic carbocycles. The van der Waals surface area contributed by atoms with Crippen LogP contribution < -0.4 is 15.0 Å². The number of benzene rings is 1. The number of amides is 3. The van der Waals surface area contributed by atoms with Crippen molar-refractivity contribution >= 4 is 17.7 Å². The van der Waals surface area contributed by atoms with Gasteiger partial charge in [0.2, 0.25) is 5.91 Å².